The Labute approximate surface area is 139 Å². The molecule has 122 valence electrons. The summed E-state index contributed by atoms with van der Waals surface area (Å²) in [6.45, 7) is 1.78. The van der Waals surface area contributed by atoms with Crippen LogP contribution in [0.4, 0.5) is 8.78 Å². The summed E-state index contributed by atoms with van der Waals surface area (Å²) in [6, 6.07) is 2.91. The number of nitrogens with zero attached hydrogens (tertiary/aromatic N) is 1. The van der Waals surface area contributed by atoms with Crippen LogP contribution in [0.25, 0.3) is 10.9 Å². The van der Waals surface area contributed by atoms with Gasteiger partial charge in [0.15, 0.2) is 0 Å². The summed E-state index contributed by atoms with van der Waals surface area (Å²) >= 11 is 3.13. The molecule has 3 rings (SSSR count). The number of hydrogen-bond donors (Lipinski definition) is 0. The first-order chi connectivity index (χ1) is 11.0. The summed E-state index contributed by atoms with van der Waals surface area (Å²) in [5.41, 5.74) is -0.727. The molecule has 0 bridgehead atoms. The lowest BCUT2D eigenvalue weighted by Crippen LogP contribution is -2.21. The van der Waals surface area contributed by atoms with Crippen molar-refractivity contribution in [3.05, 3.63) is 44.2 Å². The number of carbonyl (C=O) groups excluding carboxylic acids is 1. The largest absolute Gasteiger partial charge is 0.462 e. The van der Waals surface area contributed by atoms with Crippen molar-refractivity contribution in [2.75, 3.05) is 6.61 Å². The average molecular weight is 386 g/mol. The minimum atomic E-state index is -2.73. The van der Waals surface area contributed by atoms with Crippen LogP contribution in [0, 0.1) is 0 Å². The molecular weight excluding hydrogens is 372 g/mol. The van der Waals surface area contributed by atoms with Gasteiger partial charge in [0, 0.05) is 22.1 Å². The predicted octanol–water partition coefficient (Wildman–Crippen LogP) is 4.21. The van der Waals surface area contributed by atoms with E-state index in [-0.39, 0.29) is 39.2 Å². The van der Waals surface area contributed by atoms with Crippen LogP contribution in [-0.2, 0) is 4.74 Å². The highest BCUT2D eigenvalue weighted by Gasteiger charge is 2.30. The fourth-order valence-electron chi connectivity index (χ4n) is 2.65. The van der Waals surface area contributed by atoms with Gasteiger partial charge in [0.25, 0.3) is 6.43 Å². The third kappa shape index (κ3) is 2.78. The smallest absolute Gasteiger partial charge is 0.343 e. The minimum Gasteiger partial charge on any atom is -0.462 e. The van der Waals surface area contributed by atoms with E-state index in [2.05, 4.69) is 15.9 Å². The lowest BCUT2D eigenvalue weighted by molar-refractivity contribution is 0.0524. The van der Waals surface area contributed by atoms with Gasteiger partial charge in [-0.25, -0.2) is 13.6 Å². The maximum Gasteiger partial charge on any atom is 0.343 e. The van der Waals surface area contributed by atoms with Gasteiger partial charge in [-0.2, -0.15) is 0 Å². The monoisotopic (exact) mass is 385 g/mol. The van der Waals surface area contributed by atoms with Crippen molar-refractivity contribution < 1.29 is 18.3 Å². The molecule has 0 unspecified atom stereocenters. The Morgan fingerprint density at radius 1 is 1.43 bits per heavy atom. The van der Waals surface area contributed by atoms with Crippen molar-refractivity contribution in [3.8, 4) is 0 Å². The zero-order valence-electron chi connectivity index (χ0n) is 12.3. The van der Waals surface area contributed by atoms with Gasteiger partial charge in [0.2, 0.25) is 5.43 Å². The summed E-state index contributed by atoms with van der Waals surface area (Å²) in [7, 11) is 0. The molecule has 1 fully saturated rings. The molecule has 0 saturated heterocycles. The molecule has 4 nitrogen and oxygen atoms in total. The molecule has 1 saturated carbocycles. The summed E-state index contributed by atoms with van der Waals surface area (Å²) in [6.07, 6.45) is 0.287. The van der Waals surface area contributed by atoms with Gasteiger partial charge in [-0.3, -0.25) is 4.79 Å². The lowest BCUT2D eigenvalue weighted by Gasteiger charge is -2.16. The van der Waals surface area contributed by atoms with Crippen molar-refractivity contribution in [2.24, 2.45) is 0 Å². The van der Waals surface area contributed by atoms with Gasteiger partial charge in [0.1, 0.15) is 5.56 Å². The van der Waals surface area contributed by atoms with Gasteiger partial charge < -0.3 is 9.30 Å². The Bertz CT molecular complexity index is 843. The van der Waals surface area contributed by atoms with Crippen molar-refractivity contribution in [1.82, 2.24) is 4.57 Å². The van der Waals surface area contributed by atoms with E-state index in [0.717, 1.165) is 12.8 Å². The quantitative estimate of drug-likeness (QED) is 0.740. The van der Waals surface area contributed by atoms with Crippen LogP contribution >= 0.6 is 15.9 Å². The van der Waals surface area contributed by atoms with E-state index in [9.17, 15) is 18.4 Å². The Hall–Kier alpha value is -1.76. The fraction of sp³-hybridized carbons (Fsp3) is 0.375. The van der Waals surface area contributed by atoms with E-state index < -0.39 is 17.8 Å². The van der Waals surface area contributed by atoms with Crippen LogP contribution in [0.15, 0.2) is 27.6 Å². The maximum atomic E-state index is 13.5. The summed E-state index contributed by atoms with van der Waals surface area (Å²) in [5.74, 6) is -0.727. The first-order valence-electron chi connectivity index (χ1n) is 7.28. The molecule has 0 aliphatic heterocycles. The second-order valence-electron chi connectivity index (χ2n) is 5.39. The minimum absolute atomic E-state index is 0.0260. The van der Waals surface area contributed by atoms with Crippen molar-refractivity contribution in [3.63, 3.8) is 0 Å². The molecule has 0 atom stereocenters. The van der Waals surface area contributed by atoms with Crippen molar-refractivity contribution in [2.45, 2.75) is 32.2 Å². The summed E-state index contributed by atoms with van der Waals surface area (Å²) < 4.78 is 33.8. The normalized spacial score (nSPS) is 14.5. The molecule has 1 heterocycles. The van der Waals surface area contributed by atoms with E-state index >= 15 is 0 Å². The molecule has 0 N–H and O–H groups in total. The molecule has 7 heteroatoms. The van der Waals surface area contributed by atoms with Crippen LogP contribution in [0.1, 0.15) is 48.2 Å². The Morgan fingerprint density at radius 2 is 2.13 bits per heavy atom. The van der Waals surface area contributed by atoms with Gasteiger partial charge in [0.05, 0.1) is 17.7 Å². The Kier molecular flexibility index (Phi) is 4.23. The summed E-state index contributed by atoms with van der Waals surface area (Å²) in [4.78, 5) is 24.5. The number of aromatic nitrogens is 1. The first-order valence-corrected chi connectivity index (χ1v) is 8.07. The number of pyridine rings is 1. The Balaban J connectivity index is 2.38. The molecule has 1 aromatic carbocycles. The standard InChI is InChI=1S/C16H14BrF2NO3/c1-2-23-16(22)10-7-20(8-3-4-8)13-9(14(10)21)5-6-11(17)12(13)15(18)19/h5-8,15H,2-4H2,1H3. The molecule has 1 aliphatic rings. The lowest BCUT2D eigenvalue weighted by atomic mass is 10.1. The van der Waals surface area contributed by atoms with E-state index in [1.54, 1.807) is 11.5 Å². The third-order valence-electron chi connectivity index (χ3n) is 3.83. The van der Waals surface area contributed by atoms with E-state index in [1.807, 2.05) is 0 Å². The highest BCUT2D eigenvalue weighted by Crippen LogP contribution is 2.41. The molecule has 2 aromatic rings. The molecular formula is C16H14BrF2NO3. The number of fused-ring (bicyclic) bond motifs is 1. The van der Waals surface area contributed by atoms with Crippen molar-refractivity contribution >= 4 is 32.8 Å². The van der Waals surface area contributed by atoms with Gasteiger partial charge >= 0.3 is 5.97 Å². The predicted molar refractivity (Wildman–Crippen MR) is 85.1 cm³/mol. The maximum absolute atomic E-state index is 13.5. The van der Waals surface area contributed by atoms with Gasteiger partial charge in [-0.15, -0.1) is 0 Å². The molecule has 23 heavy (non-hydrogen) atoms. The number of halogens is 3. The molecule has 0 amide bonds. The zero-order valence-corrected chi connectivity index (χ0v) is 13.9. The molecule has 0 spiro atoms. The summed E-state index contributed by atoms with van der Waals surface area (Å²) in [5, 5.41) is 0.112. The number of alkyl halides is 2. The van der Waals surface area contributed by atoms with Crippen molar-refractivity contribution in [1.29, 1.82) is 0 Å². The second kappa shape index (κ2) is 6.03. The first kappa shape index (κ1) is 16.1. The SMILES string of the molecule is CCOC(=O)c1cn(C2CC2)c2c(C(F)F)c(Br)ccc2c1=O. The topological polar surface area (TPSA) is 48.3 Å². The van der Waals surface area contributed by atoms with Gasteiger partial charge in [-0.05, 0) is 31.9 Å². The third-order valence-corrected chi connectivity index (χ3v) is 4.52. The highest BCUT2D eigenvalue weighted by molar-refractivity contribution is 9.10. The molecule has 0 radical (unpaired) electrons. The second-order valence-corrected chi connectivity index (χ2v) is 6.24. The average Bonchev–Trinajstić information content (AvgIpc) is 3.31. The fourth-order valence-corrected chi connectivity index (χ4v) is 3.15. The zero-order chi connectivity index (χ0) is 16.7. The Morgan fingerprint density at radius 3 is 2.70 bits per heavy atom. The van der Waals surface area contributed by atoms with Crippen LogP contribution in [-0.4, -0.2) is 17.1 Å². The number of ether oxygens (including phenoxy) is 1. The number of rotatable bonds is 4. The van der Waals surface area contributed by atoms with E-state index in [0.29, 0.717) is 0 Å². The molecule has 1 aromatic heterocycles. The number of carbonyl (C=O) groups is 1. The van der Waals surface area contributed by atoms with E-state index in [1.165, 1.54) is 18.3 Å². The van der Waals surface area contributed by atoms with Crippen LogP contribution in [0.2, 0.25) is 0 Å². The van der Waals surface area contributed by atoms with Crippen LogP contribution < -0.4 is 5.43 Å². The van der Waals surface area contributed by atoms with Gasteiger partial charge in [-0.1, -0.05) is 15.9 Å². The molecule has 1 aliphatic carbocycles. The highest BCUT2D eigenvalue weighted by atomic mass is 79.9. The van der Waals surface area contributed by atoms with E-state index in [4.69, 9.17) is 4.74 Å². The van der Waals surface area contributed by atoms with Crippen LogP contribution in [0.3, 0.4) is 0 Å². The van der Waals surface area contributed by atoms with Crippen LogP contribution in [0.5, 0.6) is 0 Å². The number of esters is 1. The number of benzene rings is 1. The number of hydrogen-bond acceptors (Lipinski definition) is 3.